The molecule has 0 spiro atoms. The number of aryl methyl sites for hydroxylation is 1. The molecule has 8 aromatic rings. The maximum atomic E-state index is 6.58. The van der Waals surface area contributed by atoms with Crippen molar-refractivity contribution in [3.63, 3.8) is 0 Å². The summed E-state index contributed by atoms with van der Waals surface area (Å²) in [5.74, 6) is 0.589. The lowest BCUT2D eigenvalue weighted by Crippen LogP contribution is -2.04. The van der Waals surface area contributed by atoms with Gasteiger partial charge in [0, 0.05) is 22.0 Å². The number of allylic oxidation sites excluding steroid dienone is 2. The molecule has 0 amide bonds. The Hall–Kier alpha value is -7.10. The van der Waals surface area contributed by atoms with Gasteiger partial charge < -0.3 is 4.42 Å². The van der Waals surface area contributed by atoms with E-state index < -0.39 is 0 Å². The van der Waals surface area contributed by atoms with Crippen molar-refractivity contribution in [1.29, 1.82) is 0 Å². The zero-order chi connectivity index (χ0) is 38.4. The molecule has 0 aliphatic heterocycles. The fourth-order valence-corrected chi connectivity index (χ4v) is 7.36. The van der Waals surface area contributed by atoms with E-state index in [0.29, 0.717) is 11.5 Å². The average molecular weight is 723 g/mol. The van der Waals surface area contributed by atoms with Gasteiger partial charge in [-0.15, -0.1) is 0 Å². The summed E-state index contributed by atoms with van der Waals surface area (Å²) < 4.78 is 6.58. The highest BCUT2D eigenvalue weighted by molar-refractivity contribution is 6.18. The van der Waals surface area contributed by atoms with Crippen molar-refractivity contribution in [2.45, 2.75) is 20.3 Å². The number of aliphatic imine (C=N–C) groups is 2. The quantitative estimate of drug-likeness (QED) is 0.0787. The third-order valence-corrected chi connectivity index (χ3v) is 10.2. The highest BCUT2D eigenvalue weighted by Crippen LogP contribution is 2.41. The minimum atomic E-state index is 0.589. The summed E-state index contributed by atoms with van der Waals surface area (Å²) in [4.78, 5) is 10.2. The molecule has 0 bridgehead atoms. The molecule has 3 heteroatoms. The Bertz CT molecular complexity index is 2800. The summed E-state index contributed by atoms with van der Waals surface area (Å²) in [5.41, 5.74) is 14.8. The van der Waals surface area contributed by atoms with E-state index in [1.807, 2.05) is 67.6 Å². The first-order chi connectivity index (χ1) is 27.5. The molecular formula is C53H42N2O. The minimum Gasteiger partial charge on any atom is -0.456 e. The zero-order valence-corrected chi connectivity index (χ0v) is 31.7. The van der Waals surface area contributed by atoms with Gasteiger partial charge in [-0.05, 0) is 93.3 Å². The lowest BCUT2D eigenvalue weighted by Gasteiger charge is -2.15. The number of rotatable bonds is 10. The van der Waals surface area contributed by atoms with Crippen molar-refractivity contribution < 1.29 is 4.42 Å². The standard InChI is InChI=1S/C53H42N2O/c1-5-39-20-15-16-29-46(39)48(42-25-13-8-14-26-42)34-36(2)45-30-18-32-49-51(45)52-47(31-19-33-50(52)56-49)43-27-17-28-44(35-43)53(54-37(3)40-21-9-6-10-22-40)55-38(4)41-23-11-7-12-24-41/h6-35H,2-3,5H2,1,4H3/b48-34-,54-53?,55-38?. The van der Waals surface area contributed by atoms with Crippen molar-refractivity contribution in [1.82, 2.24) is 0 Å². The van der Waals surface area contributed by atoms with Gasteiger partial charge in [-0.1, -0.05) is 178 Å². The molecule has 7 aromatic carbocycles. The second-order valence-corrected chi connectivity index (χ2v) is 13.8. The molecule has 0 atom stereocenters. The fraction of sp³-hybridized carbons (Fsp3) is 0.0566. The predicted molar refractivity (Wildman–Crippen MR) is 238 cm³/mol. The SMILES string of the molecule is C=C(N=C(N=C(C)c1ccccc1)c1cccc(-c2cccc3oc4cccc(C(=C)/C=C(/c5ccccc5)c5ccccc5CC)c4c23)c1)c1ccccc1. The summed E-state index contributed by atoms with van der Waals surface area (Å²) in [5, 5.41) is 2.07. The second kappa shape index (κ2) is 16.1. The van der Waals surface area contributed by atoms with Crippen molar-refractivity contribution >= 4 is 50.3 Å². The van der Waals surface area contributed by atoms with Gasteiger partial charge in [-0.25, -0.2) is 9.98 Å². The lowest BCUT2D eigenvalue weighted by atomic mass is 9.89. The first-order valence-electron chi connectivity index (χ1n) is 19.0. The van der Waals surface area contributed by atoms with E-state index in [0.717, 1.165) is 84.2 Å². The Morgan fingerprint density at radius 2 is 1.12 bits per heavy atom. The van der Waals surface area contributed by atoms with E-state index >= 15 is 0 Å². The van der Waals surface area contributed by atoms with Gasteiger partial charge in [0.05, 0.1) is 5.70 Å². The summed E-state index contributed by atoms with van der Waals surface area (Å²) >= 11 is 0. The molecule has 56 heavy (non-hydrogen) atoms. The Labute approximate surface area is 329 Å². The van der Waals surface area contributed by atoms with Crippen LogP contribution < -0.4 is 0 Å². The smallest absolute Gasteiger partial charge is 0.160 e. The predicted octanol–water partition coefficient (Wildman–Crippen LogP) is 13.9. The molecule has 0 aliphatic carbocycles. The van der Waals surface area contributed by atoms with Crippen molar-refractivity contribution in [2.75, 3.05) is 0 Å². The van der Waals surface area contributed by atoms with Crippen LogP contribution in [0.4, 0.5) is 0 Å². The molecule has 1 heterocycles. The number of furan rings is 1. The monoisotopic (exact) mass is 722 g/mol. The Morgan fingerprint density at radius 3 is 1.84 bits per heavy atom. The average Bonchev–Trinajstić information content (AvgIpc) is 3.65. The van der Waals surface area contributed by atoms with Crippen LogP contribution in [0.2, 0.25) is 0 Å². The van der Waals surface area contributed by atoms with E-state index in [-0.39, 0.29) is 0 Å². The topological polar surface area (TPSA) is 37.9 Å². The Morgan fingerprint density at radius 1 is 0.554 bits per heavy atom. The zero-order valence-electron chi connectivity index (χ0n) is 31.7. The number of fused-ring (bicyclic) bond motifs is 3. The van der Waals surface area contributed by atoms with Crippen molar-refractivity contribution in [2.24, 2.45) is 9.98 Å². The molecule has 0 aliphatic rings. The maximum Gasteiger partial charge on any atom is 0.160 e. The van der Waals surface area contributed by atoms with Gasteiger partial charge in [0.25, 0.3) is 0 Å². The van der Waals surface area contributed by atoms with Crippen LogP contribution in [0.3, 0.4) is 0 Å². The van der Waals surface area contributed by atoms with Gasteiger partial charge >= 0.3 is 0 Å². The maximum absolute atomic E-state index is 6.58. The normalized spacial score (nSPS) is 12.3. The fourth-order valence-electron chi connectivity index (χ4n) is 7.36. The molecule has 1 aromatic heterocycles. The molecule has 8 rings (SSSR count). The highest BCUT2D eigenvalue weighted by atomic mass is 16.3. The summed E-state index contributed by atoms with van der Waals surface area (Å²) in [6, 6.07) is 60.4. The van der Waals surface area contributed by atoms with Crippen LogP contribution in [-0.2, 0) is 6.42 Å². The van der Waals surface area contributed by atoms with E-state index in [1.165, 1.54) is 11.1 Å². The molecule has 0 saturated heterocycles. The van der Waals surface area contributed by atoms with E-state index in [4.69, 9.17) is 21.0 Å². The Balaban J connectivity index is 1.28. The molecule has 0 fully saturated rings. The highest BCUT2D eigenvalue weighted by Gasteiger charge is 2.19. The van der Waals surface area contributed by atoms with Crippen LogP contribution in [-0.4, -0.2) is 11.5 Å². The van der Waals surface area contributed by atoms with Crippen LogP contribution in [0.25, 0.3) is 49.9 Å². The summed E-state index contributed by atoms with van der Waals surface area (Å²) in [6.45, 7) is 13.3. The summed E-state index contributed by atoms with van der Waals surface area (Å²) in [7, 11) is 0. The van der Waals surface area contributed by atoms with Crippen LogP contribution in [0.15, 0.2) is 210 Å². The number of benzene rings is 7. The van der Waals surface area contributed by atoms with E-state index in [9.17, 15) is 0 Å². The Kier molecular flexibility index (Phi) is 10.3. The van der Waals surface area contributed by atoms with E-state index in [1.54, 1.807) is 0 Å². The van der Waals surface area contributed by atoms with Crippen LogP contribution in [0, 0.1) is 0 Å². The summed E-state index contributed by atoms with van der Waals surface area (Å²) in [6.07, 6.45) is 3.16. The molecular weight excluding hydrogens is 681 g/mol. The van der Waals surface area contributed by atoms with Gasteiger partial charge in [-0.2, -0.15) is 0 Å². The number of nitrogens with zero attached hydrogens (tertiary/aromatic N) is 2. The van der Waals surface area contributed by atoms with Gasteiger partial charge in [0.15, 0.2) is 5.84 Å². The van der Waals surface area contributed by atoms with Gasteiger partial charge in [-0.3, -0.25) is 0 Å². The molecule has 0 radical (unpaired) electrons. The van der Waals surface area contributed by atoms with Gasteiger partial charge in [0.1, 0.15) is 11.2 Å². The van der Waals surface area contributed by atoms with E-state index in [2.05, 4.69) is 135 Å². The largest absolute Gasteiger partial charge is 0.456 e. The van der Waals surface area contributed by atoms with Crippen molar-refractivity contribution in [3.05, 3.63) is 234 Å². The molecule has 270 valence electrons. The third-order valence-electron chi connectivity index (χ3n) is 10.2. The first kappa shape index (κ1) is 35.9. The lowest BCUT2D eigenvalue weighted by molar-refractivity contribution is 0.669. The van der Waals surface area contributed by atoms with Gasteiger partial charge in [0.2, 0.25) is 0 Å². The molecule has 0 unspecified atom stereocenters. The molecule has 0 N–H and O–H groups in total. The second-order valence-electron chi connectivity index (χ2n) is 13.8. The van der Waals surface area contributed by atoms with Crippen molar-refractivity contribution in [3.8, 4) is 11.1 Å². The van der Waals surface area contributed by atoms with Crippen LogP contribution >= 0.6 is 0 Å². The first-order valence-corrected chi connectivity index (χ1v) is 19.0. The third kappa shape index (κ3) is 7.36. The van der Waals surface area contributed by atoms with Crippen LogP contribution in [0.1, 0.15) is 52.8 Å². The minimum absolute atomic E-state index is 0.589. The number of hydrogen-bond acceptors (Lipinski definition) is 2. The number of amidine groups is 1. The molecule has 0 saturated carbocycles. The molecule has 3 nitrogen and oxygen atoms in total. The number of hydrogen-bond donors (Lipinski definition) is 0. The van der Waals surface area contributed by atoms with Crippen LogP contribution in [0.5, 0.6) is 0 Å².